The first-order valence-corrected chi connectivity index (χ1v) is 6.57. The summed E-state index contributed by atoms with van der Waals surface area (Å²) in [4.78, 5) is 22.9. The Balaban J connectivity index is 1.99. The summed E-state index contributed by atoms with van der Waals surface area (Å²) in [5, 5.41) is 20.6. The van der Waals surface area contributed by atoms with E-state index >= 15 is 0 Å². The smallest absolute Gasteiger partial charge is 0.337 e. The number of carbonyl (C=O) groups is 2. The van der Waals surface area contributed by atoms with Crippen molar-refractivity contribution in [2.24, 2.45) is 0 Å². The van der Waals surface area contributed by atoms with Crippen molar-refractivity contribution in [1.29, 1.82) is 0 Å². The Morgan fingerprint density at radius 3 is 2.55 bits per heavy atom. The van der Waals surface area contributed by atoms with Crippen LogP contribution in [0.15, 0.2) is 42.5 Å². The molecule has 1 amide bonds. The van der Waals surface area contributed by atoms with Gasteiger partial charge in [0.2, 0.25) is 5.91 Å². The highest BCUT2D eigenvalue weighted by Gasteiger charge is 2.12. The zero-order valence-electron chi connectivity index (χ0n) is 11.5. The average molecular weight is 303 g/mol. The number of amides is 1. The Kier molecular flexibility index (Phi) is 4.73. The minimum absolute atomic E-state index is 0.00604. The van der Waals surface area contributed by atoms with Crippen LogP contribution in [0.1, 0.15) is 22.3 Å². The van der Waals surface area contributed by atoms with E-state index in [2.05, 4.69) is 5.32 Å². The molecule has 0 bridgehead atoms. The molecule has 114 valence electrons. The third-order valence-electron chi connectivity index (χ3n) is 3.08. The zero-order chi connectivity index (χ0) is 16.1. The molecule has 0 spiro atoms. The summed E-state index contributed by atoms with van der Waals surface area (Å²) in [7, 11) is 0. The van der Waals surface area contributed by atoms with Crippen LogP contribution in [0.25, 0.3) is 0 Å². The maximum absolute atomic E-state index is 13.2. The molecule has 0 aromatic heterocycles. The monoisotopic (exact) mass is 303 g/mol. The normalized spacial score (nSPS) is 10.2. The van der Waals surface area contributed by atoms with Gasteiger partial charge >= 0.3 is 5.97 Å². The summed E-state index contributed by atoms with van der Waals surface area (Å²) in [5.74, 6) is -2.68. The molecule has 0 fully saturated rings. The first-order chi connectivity index (χ1) is 10.5. The molecule has 2 aromatic carbocycles. The Labute approximate surface area is 126 Å². The van der Waals surface area contributed by atoms with Gasteiger partial charge < -0.3 is 15.5 Å². The number of para-hydroxylation sites is 1. The van der Waals surface area contributed by atoms with Crippen LogP contribution in [0, 0.1) is 5.82 Å². The lowest BCUT2D eigenvalue weighted by Crippen LogP contribution is -2.15. The van der Waals surface area contributed by atoms with Gasteiger partial charge in [-0.05, 0) is 36.2 Å². The average Bonchev–Trinajstić information content (AvgIpc) is 2.49. The van der Waals surface area contributed by atoms with E-state index in [1.807, 2.05) is 0 Å². The van der Waals surface area contributed by atoms with E-state index in [0.717, 1.165) is 6.07 Å². The van der Waals surface area contributed by atoms with E-state index in [4.69, 9.17) is 10.2 Å². The molecular weight excluding hydrogens is 289 g/mol. The number of nitrogens with one attached hydrogen (secondary N) is 1. The van der Waals surface area contributed by atoms with Gasteiger partial charge in [-0.3, -0.25) is 4.79 Å². The van der Waals surface area contributed by atoms with Gasteiger partial charge in [-0.1, -0.05) is 18.2 Å². The number of aromatic hydroxyl groups is 1. The van der Waals surface area contributed by atoms with Crippen molar-refractivity contribution in [3.63, 3.8) is 0 Å². The quantitative estimate of drug-likeness (QED) is 0.792. The summed E-state index contributed by atoms with van der Waals surface area (Å²) >= 11 is 0. The SMILES string of the molecule is O=C(CCc1ccc(O)c(F)c1)Nc1ccccc1C(=O)O. The highest BCUT2D eigenvalue weighted by molar-refractivity contribution is 6.00. The molecule has 0 unspecified atom stereocenters. The van der Waals surface area contributed by atoms with Gasteiger partial charge in [0.25, 0.3) is 0 Å². The second-order valence-corrected chi connectivity index (χ2v) is 4.68. The maximum Gasteiger partial charge on any atom is 0.337 e. The predicted octanol–water partition coefficient (Wildman–Crippen LogP) is 2.80. The van der Waals surface area contributed by atoms with Crippen LogP contribution < -0.4 is 5.32 Å². The number of benzene rings is 2. The van der Waals surface area contributed by atoms with E-state index in [1.165, 1.54) is 24.3 Å². The van der Waals surface area contributed by atoms with E-state index in [9.17, 15) is 14.0 Å². The van der Waals surface area contributed by atoms with Crippen molar-refractivity contribution in [2.75, 3.05) is 5.32 Å². The third kappa shape index (κ3) is 3.82. The summed E-state index contributed by atoms with van der Waals surface area (Å²) in [6.45, 7) is 0. The van der Waals surface area contributed by atoms with Crippen LogP contribution in [-0.2, 0) is 11.2 Å². The Bertz CT molecular complexity index is 715. The lowest BCUT2D eigenvalue weighted by molar-refractivity contribution is -0.116. The molecule has 2 aromatic rings. The van der Waals surface area contributed by atoms with Crippen LogP contribution in [0.2, 0.25) is 0 Å². The molecule has 0 aliphatic rings. The number of phenolic OH excluding ortho intramolecular Hbond substituents is 1. The number of aryl methyl sites for hydroxylation is 1. The fraction of sp³-hybridized carbons (Fsp3) is 0.125. The maximum atomic E-state index is 13.2. The highest BCUT2D eigenvalue weighted by Crippen LogP contribution is 2.18. The topological polar surface area (TPSA) is 86.6 Å². The molecule has 5 nitrogen and oxygen atoms in total. The van der Waals surface area contributed by atoms with Crippen molar-refractivity contribution in [1.82, 2.24) is 0 Å². The van der Waals surface area contributed by atoms with Crippen molar-refractivity contribution in [3.8, 4) is 5.75 Å². The Morgan fingerprint density at radius 1 is 1.14 bits per heavy atom. The largest absolute Gasteiger partial charge is 0.505 e. The first-order valence-electron chi connectivity index (χ1n) is 6.57. The summed E-state index contributed by atoms with van der Waals surface area (Å²) in [6, 6.07) is 10.00. The summed E-state index contributed by atoms with van der Waals surface area (Å²) in [5.41, 5.74) is 0.792. The number of phenols is 1. The first kappa shape index (κ1) is 15.5. The lowest BCUT2D eigenvalue weighted by atomic mass is 10.1. The Morgan fingerprint density at radius 2 is 1.86 bits per heavy atom. The van der Waals surface area contributed by atoms with Crippen LogP contribution in [0.4, 0.5) is 10.1 Å². The van der Waals surface area contributed by atoms with Crippen LogP contribution in [-0.4, -0.2) is 22.1 Å². The minimum atomic E-state index is -1.13. The Hall–Kier alpha value is -2.89. The molecule has 0 saturated heterocycles. The van der Waals surface area contributed by atoms with E-state index in [0.29, 0.717) is 5.56 Å². The molecule has 6 heteroatoms. The molecule has 0 aliphatic heterocycles. The summed E-state index contributed by atoms with van der Waals surface area (Å²) in [6.07, 6.45) is 0.344. The fourth-order valence-corrected chi connectivity index (χ4v) is 1.96. The zero-order valence-corrected chi connectivity index (χ0v) is 11.5. The number of carboxylic acids is 1. The number of hydrogen-bond acceptors (Lipinski definition) is 3. The lowest BCUT2D eigenvalue weighted by Gasteiger charge is -2.08. The number of carbonyl (C=O) groups excluding carboxylic acids is 1. The van der Waals surface area contributed by atoms with Gasteiger partial charge in [0, 0.05) is 6.42 Å². The van der Waals surface area contributed by atoms with Crippen molar-refractivity contribution < 1.29 is 24.2 Å². The van der Waals surface area contributed by atoms with Crippen LogP contribution in [0.5, 0.6) is 5.75 Å². The van der Waals surface area contributed by atoms with Crippen LogP contribution >= 0.6 is 0 Å². The molecule has 0 aliphatic carbocycles. The van der Waals surface area contributed by atoms with Crippen molar-refractivity contribution in [2.45, 2.75) is 12.8 Å². The van der Waals surface area contributed by atoms with E-state index < -0.39 is 17.5 Å². The standard InChI is InChI=1S/C16H14FNO4/c17-12-9-10(5-7-14(12)19)6-8-15(20)18-13-4-2-1-3-11(13)16(21)22/h1-5,7,9,19H,6,8H2,(H,18,20)(H,21,22). The van der Waals surface area contributed by atoms with E-state index in [1.54, 1.807) is 12.1 Å². The predicted molar refractivity (Wildman–Crippen MR) is 78.4 cm³/mol. The number of anilines is 1. The number of carboxylic acid groups (broad SMARTS) is 1. The van der Waals surface area contributed by atoms with Gasteiger partial charge in [0.1, 0.15) is 0 Å². The van der Waals surface area contributed by atoms with Gasteiger partial charge in [-0.25, -0.2) is 9.18 Å². The van der Waals surface area contributed by atoms with Crippen molar-refractivity contribution >= 4 is 17.6 Å². The van der Waals surface area contributed by atoms with Gasteiger partial charge in [-0.2, -0.15) is 0 Å². The number of rotatable bonds is 5. The van der Waals surface area contributed by atoms with Gasteiger partial charge in [0.05, 0.1) is 11.3 Å². The van der Waals surface area contributed by atoms with Crippen LogP contribution in [0.3, 0.4) is 0 Å². The second kappa shape index (κ2) is 6.71. The van der Waals surface area contributed by atoms with Crippen molar-refractivity contribution in [3.05, 3.63) is 59.4 Å². The number of hydrogen-bond donors (Lipinski definition) is 3. The second-order valence-electron chi connectivity index (χ2n) is 4.68. The highest BCUT2D eigenvalue weighted by atomic mass is 19.1. The van der Waals surface area contributed by atoms with Gasteiger partial charge in [0.15, 0.2) is 11.6 Å². The number of halogens is 1. The third-order valence-corrected chi connectivity index (χ3v) is 3.08. The number of aromatic carboxylic acids is 1. The fourth-order valence-electron chi connectivity index (χ4n) is 1.96. The van der Waals surface area contributed by atoms with E-state index in [-0.39, 0.29) is 30.0 Å². The minimum Gasteiger partial charge on any atom is -0.505 e. The molecule has 0 heterocycles. The molecule has 2 rings (SSSR count). The molecular formula is C16H14FNO4. The molecule has 3 N–H and O–H groups in total. The van der Waals surface area contributed by atoms with Gasteiger partial charge in [-0.15, -0.1) is 0 Å². The molecule has 22 heavy (non-hydrogen) atoms. The molecule has 0 radical (unpaired) electrons. The molecule has 0 saturated carbocycles. The summed E-state index contributed by atoms with van der Waals surface area (Å²) < 4.78 is 13.2. The molecule has 0 atom stereocenters.